The van der Waals surface area contributed by atoms with Crippen LogP contribution in [0.15, 0.2) is 22.7 Å². The Morgan fingerprint density at radius 3 is 2.79 bits per heavy atom. The average Bonchev–Trinajstić information content (AvgIpc) is 2.15. The smallest absolute Gasteiger partial charge is 0.148 e. The standard InChI is InChI=1S/C12H13BrO/c1-4-7-14-12-6-5-10(13)8-11(12)9(2)3/h1,5-6,8-9H,7H2,2-3H3. The summed E-state index contributed by atoms with van der Waals surface area (Å²) in [7, 11) is 0. The van der Waals surface area contributed by atoms with Crippen LogP contribution in [0.5, 0.6) is 5.75 Å². The molecule has 0 unspecified atom stereocenters. The molecule has 1 aromatic rings. The van der Waals surface area contributed by atoms with Gasteiger partial charge < -0.3 is 4.74 Å². The van der Waals surface area contributed by atoms with Crippen molar-refractivity contribution < 1.29 is 4.74 Å². The molecule has 0 aromatic heterocycles. The number of ether oxygens (including phenoxy) is 1. The highest BCUT2D eigenvalue weighted by Crippen LogP contribution is 2.29. The number of benzene rings is 1. The molecule has 0 bridgehead atoms. The van der Waals surface area contributed by atoms with Gasteiger partial charge in [-0.3, -0.25) is 0 Å². The number of rotatable bonds is 3. The molecule has 0 atom stereocenters. The Morgan fingerprint density at radius 2 is 2.21 bits per heavy atom. The Morgan fingerprint density at radius 1 is 1.50 bits per heavy atom. The van der Waals surface area contributed by atoms with Gasteiger partial charge in [0.25, 0.3) is 0 Å². The Labute approximate surface area is 93.6 Å². The normalized spacial score (nSPS) is 9.93. The average molecular weight is 253 g/mol. The van der Waals surface area contributed by atoms with Gasteiger partial charge in [-0.15, -0.1) is 6.42 Å². The summed E-state index contributed by atoms with van der Waals surface area (Å²) < 4.78 is 6.51. The summed E-state index contributed by atoms with van der Waals surface area (Å²) in [5.74, 6) is 3.77. The van der Waals surface area contributed by atoms with Crippen LogP contribution in [-0.2, 0) is 0 Å². The second-order valence-electron chi connectivity index (χ2n) is 3.33. The van der Waals surface area contributed by atoms with Gasteiger partial charge in [-0.1, -0.05) is 35.7 Å². The van der Waals surface area contributed by atoms with E-state index in [1.54, 1.807) is 0 Å². The van der Waals surface area contributed by atoms with Crippen LogP contribution in [0.1, 0.15) is 25.3 Å². The Hall–Kier alpha value is -0.940. The first-order valence-electron chi connectivity index (χ1n) is 4.51. The molecule has 1 rings (SSSR count). The van der Waals surface area contributed by atoms with Crippen LogP contribution in [0.4, 0.5) is 0 Å². The second-order valence-corrected chi connectivity index (χ2v) is 4.25. The molecular formula is C12H13BrO. The monoisotopic (exact) mass is 252 g/mol. The molecule has 0 radical (unpaired) electrons. The highest BCUT2D eigenvalue weighted by molar-refractivity contribution is 9.10. The van der Waals surface area contributed by atoms with Crippen molar-refractivity contribution in [3.63, 3.8) is 0 Å². The minimum absolute atomic E-state index is 0.321. The fourth-order valence-corrected chi connectivity index (χ4v) is 1.60. The number of halogens is 1. The second kappa shape index (κ2) is 5.07. The first-order chi connectivity index (χ1) is 6.65. The van der Waals surface area contributed by atoms with E-state index in [0.29, 0.717) is 12.5 Å². The van der Waals surface area contributed by atoms with Crippen LogP contribution in [0, 0.1) is 12.3 Å². The highest BCUT2D eigenvalue weighted by atomic mass is 79.9. The van der Waals surface area contributed by atoms with Crippen molar-refractivity contribution >= 4 is 15.9 Å². The largest absolute Gasteiger partial charge is 0.481 e. The molecule has 0 amide bonds. The van der Waals surface area contributed by atoms with Crippen molar-refractivity contribution in [1.82, 2.24) is 0 Å². The van der Waals surface area contributed by atoms with E-state index >= 15 is 0 Å². The third kappa shape index (κ3) is 2.78. The molecule has 1 nitrogen and oxygen atoms in total. The molecule has 1 aromatic carbocycles. The van der Waals surface area contributed by atoms with E-state index in [-0.39, 0.29) is 0 Å². The Kier molecular flexibility index (Phi) is 4.03. The molecule has 0 N–H and O–H groups in total. The molecule has 0 fully saturated rings. The molecule has 0 aliphatic rings. The zero-order valence-corrected chi connectivity index (χ0v) is 9.97. The van der Waals surface area contributed by atoms with E-state index in [4.69, 9.17) is 11.2 Å². The first-order valence-corrected chi connectivity index (χ1v) is 5.30. The van der Waals surface area contributed by atoms with E-state index in [1.165, 1.54) is 5.56 Å². The van der Waals surface area contributed by atoms with E-state index in [9.17, 15) is 0 Å². The Bertz CT molecular complexity index is 350. The third-order valence-corrected chi connectivity index (χ3v) is 2.40. The van der Waals surface area contributed by atoms with Crippen molar-refractivity contribution in [2.45, 2.75) is 19.8 Å². The lowest BCUT2D eigenvalue weighted by Crippen LogP contribution is -1.99. The maximum absolute atomic E-state index is 5.45. The minimum Gasteiger partial charge on any atom is -0.481 e. The van der Waals surface area contributed by atoms with Crippen LogP contribution < -0.4 is 4.74 Å². The summed E-state index contributed by atoms with van der Waals surface area (Å²) in [5.41, 5.74) is 1.18. The predicted octanol–water partition coefficient (Wildman–Crippen LogP) is 3.58. The molecule has 0 saturated heterocycles. The molecule has 0 aliphatic heterocycles. The van der Waals surface area contributed by atoms with Gasteiger partial charge in [-0.05, 0) is 29.7 Å². The number of terminal acetylenes is 1. The van der Waals surface area contributed by atoms with Gasteiger partial charge >= 0.3 is 0 Å². The number of hydrogen-bond donors (Lipinski definition) is 0. The van der Waals surface area contributed by atoms with Gasteiger partial charge in [0, 0.05) is 4.47 Å². The zero-order valence-electron chi connectivity index (χ0n) is 8.38. The maximum atomic E-state index is 5.45. The molecule has 74 valence electrons. The highest BCUT2D eigenvalue weighted by Gasteiger charge is 2.07. The third-order valence-electron chi connectivity index (χ3n) is 1.90. The summed E-state index contributed by atoms with van der Waals surface area (Å²) in [6.07, 6.45) is 5.15. The lowest BCUT2D eigenvalue weighted by Gasteiger charge is -2.12. The number of hydrogen-bond acceptors (Lipinski definition) is 1. The summed E-state index contributed by atoms with van der Waals surface area (Å²) in [5, 5.41) is 0. The van der Waals surface area contributed by atoms with Crippen molar-refractivity contribution in [3.05, 3.63) is 28.2 Å². The molecule has 2 heteroatoms. The van der Waals surface area contributed by atoms with Gasteiger partial charge in [0.05, 0.1) is 0 Å². The lowest BCUT2D eigenvalue weighted by atomic mass is 10.0. The molecule has 0 saturated carbocycles. The van der Waals surface area contributed by atoms with E-state index in [2.05, 4.69) is 41.8 Å². The molecule has 0 heterocycles. The van der Waals surface area contributed by atoms with Crippen LogP contribution in [0.3, 0.4) is 0 Å². The molecular weight excluding hydrogens is 240 g/mol. The molecule has 14 heavy (non-hydrogen) atoms. The lowest BCUT2D eigenvalue weighted by molar-refractivity contribution is 0.364. The first kappa shape index (κ1) is 11.1. The summed E-state index contributed by atoms with van der Waals surface area (Å²) in [4.78, 5) is 0. The van der Waals surface area contributed by atoms with Gasteiger partial charge in [-0.25, -0.2) is 0 Å². The predicted molar refractivity (Wildman–Crippen MR) is 62.6 cm³/mol. The summed E-state index contributed by atoms with van der Waals surface area (Å²) in [6.45, 7) is 4.58. The van der Waals surface area contributed by atoms with Crippen molar-refractivity contribution in [3.8, 4) is 18.1 Å². The quantitative estimate of drug-likeness (QED) is 0.748. The van der Waals surface area contributed by atoms with Crippen molar-refractivity contribution in [1.29, 1.82) is 0 Å². The zero-order chi connectivity index (χ0) is 10.6. The van der Waals surface area contributed by atoms with Crippen LogP contribution in [0.2, 0.25) is 0 Å². The van der Waals surface area contributed by atoms with E-state index in [1.807, 2.05) is 12.1 Å². The van der Waals surface area contributed by atoms with Crippen LogP contribution in [0.25, 0.3) is 0 Å². The fourth-order valence-electron chi connectivity index (χ4n) is 1.22. The van der Waals surface area contributed by atoms with E-state index < -0.39 is 0 Å². The fraction of sp³-hybridized carbons (Fsp3) is 0.333. The molecule has 0 spiro atoms. The SMILES string of the molecule is C#CCOc1ccc(Br)cc1C(C)C. The Balaban J connectivity index is 2.97. The van der Waals surface area contributed by atoms with Crippen LogP contribution >= 0.6 is 15.9 Å². The van der Waals surface area contributed by atoms with E-state index in [0.717, 1.165) is 10.2 Å². The summed E-state index contributed by atoms with van der Waals surface area (Å²) in [6, 6.07) is 5.96. The van der Waals surface area contributed by atoms with Gasteiger partial charge in [0.15, 0.2) is 0 Å². The van der Waals surface area contributed by atoms with Crippen molar-refractivity contribution in [2.75, 3.05) is 6.61 Å². The van der Waals surface area contributed by atoms with Gasteiger partial charge in [-0.2, -0.15) is 0 Å². The van der Waals surface area contributed by atoms with Crippen LogP contribution in [-0.4, -0.2) is 6.61 Å². The van der Waals surface area contributed by atoms with Gasteiger partial charge in [0.1, 0.15) is 12.4 Å². The molecule has 0 aliphatic carbocycles. The van der Waals surface area contributed by atoms with Crippen molar-refractivity contribution in [2.24, 2.45) is 0 Å². The van der Waals surface area contributed by atoms with Gasteiger partial charge in [0.2, 0.25) is 0 Å². The maximum Gasteiger partial charge on any atom is 0.148 e. The topological polar surface area (TPSA) is 9.23 Å². The minimum atomic E-state index is 0.321. The summed E-state index contributed by atoms with van der Waals surface area (Å²) >= 11 is 3.44.